The van der Waals surface area contributed by atoms with Crippen LogP contribution in [0, 0.1) is 0 Å². The third-order valence-corrected chi connectivity index (χ3v) is 8.11. The van der Waals surface area contributed by atoms with Crippen molar-refractivity contribution < 1.29 is 9.47 Å². The van der Waals surface area contributed by atoms with Crippen LogP contribution in [0.5, 0.6) is 0 Å². The first-order chi connectivity index (χ1) is 18.8. The molecule has 0 spiro atoms. The first kappa shape index (κ1) is 23.3. The Morgan fingerprint density at radius 3 is 2.53 bits per heavy atom. The summed E-state index contributed by atoms with van der Waals surface area (Å²) in [6.45, 7) is 6.98. The summed E-state index contributed by atoms with van der Waals surface area (Å²) < 4.78 is 12.2. The van der Waals surface area contributed by atoms with Crippen molar-refractivity contribution in [3.8, 4) is 11.4 Å². The van der Waals surface area contributed by atoms with Gasteiger partial charge in [-0.25, -0.2) is 15.0 Å². The quantitative estimate of drug-likeness (QED) is 0.339. The first-order valence-electron chi connectivity index (χ1n) is 12.9. The van der Waals surface area contributed by atoms with Gasteiger partial charge >= 0.3 is 0 Å². The van der Waals surface area contributed by atoms with Gasteiger partial charge in [0, 0.05) is 48.6 Å². The smallest absolute Gasteiger partial charge is 0.162 e. The molecule has 0 amide bonds. The zero-order chi connectivity index (χ0) is 25.3. The number of nitrogens with zero attached hydrogens (tertiary/aromatic N) is 6. The molecule has 2 N–H and O–H groups in total. The molecule has 10 nitrogen and oxygen atoms in total. The van der Waals surface area contributed by atoms with E-state index in [1.54, 1.807) is 11.3 Å². The second kappa shape index (κ2) is 10.2. The molecule has 7 rings (SSSR count). The number of H-pyrrole nitrogens is 1. The van der Waals surface area contributed by atoms with E-state index in [1.807, 2.05) is 24.5 Å². The lowest BCUT2D eigenvalue weighted by atomic mass is 10.1. The number of benzene rings is 1. The SMILES string of the molecule is c1cc(-c2nc(N3CCOCC3)c3sc(CNc4ccc(N5CCOCC5)nc4)cc3n2)c2cn[nH]c2c1. The molecule has 0 radical (unpaired) electrons. The van der Waals surface area contributed by atoms with Crippen LogP contribution in [0.4, 0.5) is 17.3 Å². The molecule has 2 saturated heterocycles. The summed E-state index contributed by atoms with van der Waals surface area (Å²) >= 11 is 1.74. The molecule has 5 aromatic rings. The van der Waals surface area contributed by atoms with Gasteiger partial charge in [-0.05, 0) is 24.3 Å². The number of aromatic amines is 1. The Labute approximate surface area is 223 Å². The largest absolute Gasteiger partial charge is 0.379 e. The fourth-order valence-electron chi connectivity index (χ4n) is 4.98. The maximum Gasteiger partial charge on any atom is 0.162 e. The number of anilines is 3. The van der Waals surface area contributed by atoms with Crippen LogP contribution in [0.3, 0.4) is 0 Å². The molecule has 6 heterocycles. The molecular formula is C27H28N8O2S. The van der Waals surface area contributed by atoms with Crippen molar-refractivity contribution in [3.05, 3.63) is 53.7 Å². The minimum absolute atomic E-state index is 0.689. The Kier molecular flexibility index (Phi) is 6.24. The van der Waals surface area contributed by atoms with Crippen molar-refractivity contribution in [1.82, 2.24) is 25.1 Å². The minimum Gasteiger partial charge on any atom is -0.379 e. The van der Waals surface area contributed by atoms with Gasteiger partial charge in [0.05, 0.1) is 60.2 Å². The zero-order valence-electron chi connectivity index (χ0n) is 20.9. The molecule has 0 aliphatic carbocycles. The number of morpholine rings is 2. The van der Waals surface area contributed by atoms with E-state index < -0.39 is 0 Å². The lowest BCUT2D eigenvalue weighted by Crippen LogP contribution is -2.36. The number of nitrogens with one attached hydrogen (secondary N) is 2. The number of fused-ring (bicyclic) bond motifs is 2. The van der Waals surface area contributed by atoms with Gasteiger partial charge in [0.25, 0.3) is 0 Å². The highest BCUT2D eigenvalue weighted by Gasteiger charge is 2.21. The van der Waals surface area contributed by atoms with Gasteiger partial charge in [-0.2, -0.15) is 5.10 Å². The molecule has 0 saturated carbocycles. The van der Waals surface area contributed by atoms with Crippen molar-refractivity contribution in [3.63, 3.8) is 0 Å². The van der Waals surface area contributed by atoms with Crippen molar-refractivity contribution in [1.29, 1.82) is 0 Å². The Bertz CT molecular complexity index is 1550. The Morgan fingerprint density at radius 1 is 0.921 bits per heavy atom. The molecular weight excluding hydrogens is 500 g/mol. The van der Waals surface area contributed by atoms with Crippen LogP contribution in [-0.2, 0) is 16.0 Å². The minimum atomic E-state index is 0.689. The number of hydrogen-bond donors (Lipinski definition) is 2. The predicted octanol–water partition coefficient (Wildman–Crippen LogP) is 3.91. The van der Waals surface area contributed by atoms with Gasteiger partial charge in [0.2, 0.25) is 0 Å². The van der Waals surface area contributed by atoms with Crippen molar-refractivity contribution >= 4 is 49.8 Å². The number of ether oxygens (including phenoxy) is 2. The van der Waals surface area contributed by atoms with Crippen molar-refractivity contribution in [2.75, 3.05) is 67.7 Å². The lowest BCUT2D eigenvalue weighted by molar-refractivity contribution is 0.122. The van der Waals surface area contributed by atoms with Crippen molar-refractivity contribution in [2.45, 2.75) is 6.54 Å². The molecule has 0 bridgehead atoms. The maximum absolute atomic E-state index is 5.62. The first-order valence-corrected chi connectivity index (χ1v) is 13.7. The summed E-state index contributed by atoms with van der Waals surface area (Å²) in [5.74, 6) is 2.68. The monoisotopic (exact) mass is 528 g/mol. The molecule has 194 valence electrons. The van der Waals surface area contributed by atoms with E-state index in [0.717, 1.165) is 83.4 Å². The molecule has 38 heavy (non-hydrogen) atoms. The number of thiophene rings is 1. The van der Waals surface area contributed by atoms with Crippen LogP contribution >= 0.6 is 11.3 Å². The molecule has 1 aromatic carbocycles. The highest BCUT2D eigenvalue weighted by Crippen LogP contribution is 2.36. The third kappa shape index (κ3) is 4.53. The summed E-state index contributed by atoms with van der Waals surface area (Å²) in [5, 5.41) is 11.8. The van der Waals surface area contributed by atoms with E-state index in [0.29, 0.717) is 25.6 Å². The van der Waals surface area contributed by atoms with Crippen molar-refractivity contribution in [2.24, 2.45) is 0 Å². The number of hydrogen-bond acceptors (Lipinski definition) is 10. The van der Waals surface area contributed by atoms with Gasteiger partial charge in [0.1, 0.15) is 5.82 Å². The highest BCUT2D eigenvalue weighted by molar-refractivity contribution is 7.19. The zero-order valence-corrected chi connectivity index (χ0v) is 21.7. The van der Waals surface area contributed by atoms with Gasteiger partial charge < -0.3 is 24.6 Å². The topological polar surface area (TPSA) is 104 Å². The standard InChI is InChI=1S/C27H28N8O2S/c1-2-20(21-17-30-33-22(21)3-1)26-31-23-14-19(38-25(23)27(32-26)35-8-12-37-13-9-35)16-28-18-4-5-24(29-15-18)34-6-10-36-11-7-34/h1-5,14-15,17,28H,6-13,16H2,(H,30,33). The van der Waals surface area contributed by atoms with Gasteiger partial charge in [-0.1, -0.05) is 12.1 Å². The maximum atomic E-state index is 5.62. The van der Waals surface area contributed by atoms with Gasteiger partial charge in [-0.3, -0.25) is 5.10 Å². The Hall–Kier alpha value is -3.80. The number of rotatable bonds is 6. The van der Waals surface area contributed by atoms with E-state index >= 15 is 0 Å². The number of aromatic nitrogens is 5. The molecule has 11 heteroatoms. The normalized spacial score (nSPS) is 16.4. The average molecular weight is 529 g/mol. The predicted molar refractivity (Wildman–Crippen MR) is 150 cm³/mol. The third-order valence-electron chi connectivity index (χ3n) is 6.99. The van der Waals surface area contributed by atoms with E-state index in [2.05, 4.69) is 54.6 Å². The molecule has 2 fully saturated rings. The van der Waals surface area contributed by atoms with Crippen LogP contribution in [0.25, 0.3) is 32.5 Å². The van der Waals surface area contributed by atoms with Crippen LogP contribution in [0.1, 0.15) is 4.88 Å². The van der Waals surface area contributed by atoms with E-state index in [1.165, 1.54) is 4.88 Å². The lowest BCUT2D eigenvalue weighted by Gasteiger charge is -2.28. The van der Waals surface area contributed by atoms with Crippen LogP contribution in [0.15, 0.2) is 48.8 Å². The fraction of sp³-hybridized carbons (Fsp3) is 0.333. The summed E-state index contributed by atoms with van der Waals surface area (Å²) in [7, 11) is 0. The van der Waals surface area contributed by atoms with E-state index in [9.17, 15) is 0 Å². The summed E-state index contributed by atoms with van der Waals surface area (Å²) in [5.41, 5.74) is 3.90. The van der Waals surface area contributed by atoms with E-state index in [-0.39, 0.29) is 0 Å². The summed E-state index contributed by atoms with van der Waals surface area (Å²) in [6, 6.07) is 12.4. The number of pyridine rings is 1. The van der Waals surface area contributed by atoms with Crippen LogP contribution in [0.2, 0.25) is 0 Å². The molecule has 2 aliphatic heterocycles. The van der Waals surface area contributed by atoms with E-state index in [4.69, 9.17) is 19.4 Å². The Morgan fingerprint density at radius 2 is 1.74 bits per heavy atom. The fourth-order valence-corrected chi connectivity index (χ4v) is 6.04. The summed E-state index contributed by atoms with van der Waals surface area (Å²) in [4.78, 5) is 20.5. The van der Waals surface area contributed by atoms with Crippen LogP contribution in [-0.4, -0.2) is 77.8 Å². The van der Waals surface area contributed by atoms with Crippen LogP contribution < -0.4 is 15.1 Å². The average Bonchev–Trinajstić information content (AvgIpc) is 3.64. The molecule has 4 aromatic heterocycles. The molecule has 0 unspecified atom stereocenters. The second-order valence-electron chi connectivity index (χ2n) is 9.39. The summed E-state index contributed by atoms with van der Waals surface area (Å²) in [6.07, 6.45) is 3.74. The van der Waals surface area contributed by atoms with Gasteiger partial charge in [0.15, 0.2) is 11.6 Å². The molecule has 2 aliphatic rings. The Balaban J connectivity index is 1.18. The highest BCUT2D eigenvalue weighted by atomic mass is 32.1. The second-order valence-corrected chi connectivity index (χ2v) is 10.5. The molecule has 0 atom stereocenters. The van der Waals surface area contributed by atoms with Gasteiger partial charge in [-0.15, -0.1) is 11.3 Å².